The Bertz CT molecular complexity index is 460. The SMILES string of the molecule is COCCN=C(NN)c1cc2sccc2s1. The Morgan fingerprint density at radius 1 is 1.56 bits per heavy atom. The number of aliphatic imine (C=N–C) groups is 1. The van der Waals surface area contributed by atoms with Crippen LogP contribution in [0.3, 0.4) is 0 Å². The lowest BCUT2D eigenvalue weighted by Crippen LogP contribution is -2.30. The van der Waals surface area contributed by atoms with Crippen LogP contribution in [0.2, 0.25) is 0 Å². The van der Waals surface area contributed by atoms with Crippen molar-refractivity contribution in [1.29, 1.82) is 0 Å². The molecule has 86 valence electrons. The Morgan fingerprint density at radius 2 is 2.44 bits per heavy atom. The van der Waals surface area contributed by atoms with Crippen molar-refractivity contribution >= 4 is 37.9 Å². The molecule has 0 bridgehead atoms. The van der Waals surface area contributed by atoms with Gasteiger partial charge in [-0.2, -0.15) is 0 Å². The van der Waals surface area contributed by atoms with Crippen molar-refractivity contribution in [3.8, 4) is 0 Å². The number of nitrogens with zero attached hydrogens (tertiary/aromatic N) is 1. The number of rotatable bonds is 4. The molecule has 0 saturated carbocycles. The first kappa shape index (κ1) is 11.5. The quantitative estimate of drug-likeness (QED) is 0.288. The van der Waals surface area contributed by atoms with Crippen molar-refractivity contribution in [2.45, 2.75) is 0 Å². The lowest BCUT2D eigenvalue weighted by Gasteiger charge is -2.02. The van der Waals surface area contributed by atoms with Gasteiger partial charge in [0.05, 0.1) is 18.0 Å². The van der Waals surface area contributed by atoms with Gasteiger partial charge in [-0.05, 0) is 17.5 Å². The van der Waals surface area contributed by atoms with Crippen LogP contribution >= 0.6 is 22.7 Å². The molecular formula is C10H13N3OS2. The van der Waals surface area contributed by atoms with E-state index in [1.54, 1.807) is 29.8 Å². The van der Waals surface area contributed by atoms with E-state index < -0.39 is 0 Å². The molecule has 0 aliphatic rings. The number of nitrogens with one attached hydrogen (secondary N) is 1. The van der Waals surface area contributed by atoms with Gasteiger partial charge in [0, 0.05) is 16.5 Å². The molecule has 0 radical (unpaired) electrons. The van der Waals surface area contributed by atoms with E-state index in [9.17, 15) is 0 Å². The molecule has 0 fully saturated rings. The van der Waals surface area contributed by atoms with Crippen LogP contribution in [-0.2, 0) is 4.74 Å². The maximum Gasteiger partial charge on any atom is 0.152 e. The molecule has 4 nitrogen and oxygen atoms in total. The summed E-state index contributed by atoms with van der Waals surface area (Å²) in [5.41, 5.74) is 2.64. The summed E-state index contributed by atoms with van der Waals surface area (Å²) in [6, 6.07) is 4.22. The van der Waals surface area contributed by atoms with Gasteiger partial charge in [-0.25, -0.2) is 5.84 Å². The van der Waals surface area contributed by atoms with E-state index in [0.717, 1.165) is 10.7 Å². The normalized spacial score (nSPS) is 12.2. The van der Waals surface area contributed by atoms with Gasteiger partial charge < -0.3 is 10.2 Å². The van der Waals surface area contributed by atoms with E-state index in [1.807, 2.05) is 0 Å². The molecule has 6 heteroatoms. The third-order valence-corrected chi connectivity index (χ3v) is 4.17. The topological polar surface area (TPSA) is 59.6 Å². The van der Waals surface area contributed by atoms with Crippen molar-refractivity contribution in [2.75, 3.05) is 20.3 Å². The molecule has 0 atom stereocenters. The van der Waals surface area contributed by atoms with E-state index >= 15 is 0 Å². The predicted octanol–water partition coefficient (Wildman–Crippen LogP) is 1.82. The van der Waals surface area contributed by atoms with Crippen molar-refractivity contribution in [1.82, 2.24) is 5.43 Å². The van der Waals surface area contributed by atoms with Crippen LogP contribution in [0.5, 0.6) is 0 Å². The lowest BCUT2D eigenvalue weighted by atomic mass is 10.4. The minimum absolute atomic E-state index is 0.602. The summed E-state index contributed by atoms with van der Waals surface area (Å²) in [6.07, 6.45) is 0. The molecule has 2 heterocycles. The second-order valence-electron chi connectivity index (χ2n) is 3.13. The van der Waals surface area contributed by atoms with Crippen LogP contribution in [0.1, 0.15) is 4.88 Å². The molecule has 0 spiro atoms. The van der Waals surface area contributed by atoms with Gasteiger partial charge in [-0.15, -0.1) is 22.7 Å². The molecule has 0 unspecified atom stereocenters. The minimum atomic E-state index is 0.602. The minimum Gasteiger partial charge on any atom is -0.383 e. The third-order valence-electron chi connectivity index (χ3n) is 2.07. The Labute approximate surface area is 102 Å². The molecule has 3 N–H and O–H groups in total. The average molecular weight is 255 g/mol. The fraction of sp³-hybridized carbons (Fsp3) is 0.300. The number of thiophene rings is 2. The number of fused-ring (bicyclic) bond motifs is 1. The largest absolute Gasteiger partial charge is 0.383 e. The zero-order valence-electron chi connectivity index (χ0n) is 8.90. The smallest absolute Gasteiger partial charge is 0.152 e. The second-order valence-corrected chi connectivity index (χ2v) is 5.16. The average Bonchev–Trinajstić information content (AvgIpc) is 2.84. The van der Waals surface area contributed by atoms with E-state index in [2.05, 4.69) is 27.9 Å². The van der Waals surface area contributed by atoms with Crippen LogP contribution in [0.4, 0.5) is 0 Å². The molecule has 16 heavy (non-hydrogen) atoms. The van der Waals surface area contributed by atoms with Crippen molar-refractivity contribution in [3.63, 3.8) is 0 Å². The standard InChI is InChI=1S/C10H13N3OS2/c1-14-4-3-12-10(13-11)9-6-8-7(16-9)2-5-15-8/h2,5-6H,3-4,11H2,1H3,(H,12,13). The van der Waals surface area contributed by atoms with Crippen molar-refractivity contribution < 1.29 is 4.74 Å². The number of hydrogen-bond acceptors (Lipinski definition) is 5. The summed E-state index contributed by atoms with van der Waals surface area (Å²) in [6.45, 7) is 1.21. The molecule has 2 rings (SSSR count). The fourth-order valence-electron chi connectivity index (χ4n) is 1.33. The van der Waals surface area contributed by atoms with Gasteiger partial charge >= 0.3 is 0 Å². The third kappa shape index (κ3) is 2.41. The van der Waals surface area contributed by atoms with E-state index in [1.165, 1.54) is 9.40 Å². The molecule has 0 aliphatic heterocycles. The van der Waals surface area contributed by atoms with Crippen LogP contribution in [-0.4, -0.2) is 26.1 Å². The highest BCUT2D eigenvalue weighted by Gasteiger charge is 2.07. The van der Waals surface area contributed by atoms with Gasteiger partial charge in [0.25, 0.3) is 0 Å². The Kier molecular flexibility index (Phi) is 3.89. The highest BCUT2D eigenvalue weighted by molar-refractivity contribution is 7.27. The fourth-order valence-corrected chi connectivity index (χ4v) is 3.41. The molecule has 0 amide bonds. The van der Waals surface area contributed by atoms with Crippen LogP contribution in [0, 0.1) is 0 Å². The number of amidine groups is 1. The second kappa shape index (κ2) is 5.40. The van der Waals surface area contributed by atoms with Crippen molar-refractivity contribution in [2.24, 2.45) is 10.8 Å². The lowest BCUT2D eigenvalue weighted by molar-refractivity contribution is 0.208. The monoisotopic (exact) mass is 255 g/mol. The summed E-state index contributed by atoms with van der Waals surface area (Å²) >= 11 is 3.42. The first-order valence-electron chi connectivity index (χ1n) is 4.82. The number of ether oxygens (including phenoxy) is 1. The Morgan fingerprint density at radius 3 is 3.12 bits per heavy atom. The summed E-state index contributed by atoms with van der Waals surface area (Å²) in [4.78, 5) is 5.42. The Balaban J connectivity index is 2.20. The molecular weight excluding hydrogens is 242 g/mol. The zero-order chi connectivity index (χ0) is 11.4. The van der Waals surface area contributed by atoms with E-state index in [-0.39, 0.29) is 0 Å². The molecule has 0 aromatic carbocycles. The molecule has 2 aromatic rings. The molecule has 0 aliphatic carbocycles. The maximum absolute atomic E-state index is 5.47. The highest BCUT2D eigenvalue weighted by Crippen LogP contribution is 2.29. The summed E-state index contributed by atoms with van der Waals surface area (Å²) in [7, 11) is 1.66. The van der Waals surface area contributed by atoms with Crippen LogP contribution in [0.15, 0.2) is 22.5 Å². The summed E-state index contributed by atoms with van der Waals surface area (Å²) in [5, 5.41) is 2.09. The van der Waals surface area contributed by atoms with Gasteiger partial charge in [0.15, 0.2) is 5.84 Å². The van der Waals surface area contributed by atoms with Crippen LogP contribution in [0.25, 0.3) is 9.40 Å². The summed E-state index contributed by atoms with van der Waals surface area (Å²) < 4.78 is 7.49. The van der Waals surface area contributed by atoms with E-state index in [4.69, 9.17) is 10.6 Å². The Hall–Kier alpha value is -0.950. The number of methoxy groups -OCH3 is 1. The van der Waals surface area contributed by atoms with Crippen LogP contribution < -0.4 is 11.3 Å². The van der Waals surface area contributed by atoms with Gasteiger partial charge in [0.1, 0.15) is 0 Å². The van der Waals surface area contributed by atoms with Gasteiger partial charge in [-0.1, -0.05) is 0 Å². The van der Waals surface area contributed by atoms with Gasteiger partial charge in [0.2, 0.25) is 0 Å². The van der Waals surface area contributed by atoms with Gasteiger partial charge in [-0.3, -0.25) is 4.99 Å². The molecule has 2 aromatic heterocycles. The maximum atomic E-state index is 5.47. The first-order chi connectivity index (χ1) is 7.85. The highest BCUT2D eigenvalue weighted by atomic mass is 32.1. The van der Waals surface area contributed by atoms with E-state index in [0.29, 0.717) is 13.2 Å². The number of hydrogen-bond donors (Lipinski definition) is 2. The number of hydrazine groups is 1. The molecule has 0 saturated heterocycles. The first-order valence-corrected chi connectivity index (χ1v) is 6.52. The number of nitrogens with two attached hydrogens (primary N) is 1. The zero-order valence-corrected chi connectivity index (χ0v) is 10.5. The van der Waals surface area contributed by atoms with Crippen molar-refractivity contribution in [3.05, 3.63) is 22.4 Å². The predicted molar refractivity (Wildman–Crippen MR) is 70.3 cm³/mol. The summed E-state index contributed by atoms with van der Waals surface area (Å²) in [5.74, 6) is 6.19.